The molecule has 4 rings (SSSR count). The number of carbonyl (C=O) groups excluding carboxylic acids is 2. The van der Waals surface area contributed by atoms with Crippen LogP contribution in [0.5, 0.6) is 0 Å². The smallest absolute Gasteiger partial charge is 0.325 e. The highest BCUT2D eigenvalue weighted by Crippen LogP contribution is 2.31. The lowest BCUT2D eigenvalue weighted by Gasteiger charge is -2.34. The first-order chi connectivity index (χ1) is 10.6. The van der Waals surface area contributed by atoms with Crippen LogP contribution in [0.25, 0.3) is 0 Å². The number of nitrogens with zero attached hydrogens (tertiary/aromatic N) is 4. The van der Waals surface area contributed by atoms with E-state index in [1.807, 2.05) is 30.0 Å². The number of guanidine groups is 1. The maximum absolute atomic E-state index is 12.2. The first-order valence-electron chi connectivity index (χ1n) is 7.32. The number of anilines is 1. The van der Waals surface area contributed by atoms with Crippen LogP contribution in [0.2, 0.25) is 0 Å². The molecule has 3 aliphatic rings. The Morgan fingerprint density at radius 2 is 2.09 bits per heavy atom. The van der Waals surface area contributed by atoms with Crippen molar-refractivity contribution in [1.29, 1.82) is 0 Å². The SMILES string of the molecule is Cc1cccc(N2CCN3C2=NC2C3C(=O)NC(=O)N2C)c1. The highest BCUT2D eigenvalue weighted by atomic mass is 16.2. The summed E-state index contributed by atoms with van der Waals surface area (Å²) in [5.74, 6) is 0.509. The Labute approximate surface area is 128 Å². The highest BCUT2D eigenvalue weighted by molar-refractivity contribution is 6.07. The van der Waals surface area contributed by atoms with Gasteiger partial charge in [0.2, 0.25) is 5.96 Å². The molecule has 2 atom stereocenters. The molecule has 22 heavy (non-hydrogen) atoms. The minimum Gasteiger partial charge on any atom is -0.325 e. The Bertz CT molecular complexity index is 701. The van der Waals surface area contributed by atoms with E-state index in [1.165, 1.54) is 10.5 Å². The molecule has 2 saturated heterocycles. The minimum atomic E-state index is -0.441. The van der Waals surface area contributed by atoms with Gasteiger partial charge in [0.05, 0.1) is 0 Å². The third-order valence-electron chi connectivity index (χ3n) is 4.46. The molecule has 0 aliphatic carbocycles. The number of imide groups is 1. The van der Waals surface area contributed by atoms with Crippen LogP contribution in [-0.4, -0.2) is 60.0 Å². The zero-order valence-corrected chi connectivity index (χ0v) is 12.5. The van der Waals surface area contributed by atoms with Crippen LogP contribution < -0.4 is 10.2 Å². The molecule has 0 aromatic heterocycles. The van der Waals surface area contributed by atoms with Gasteiger partial charge < -0.3 is 14.7 Å². The molecule has 1 N–H and O–H groups in total. The van der Waals surface area contributed by atoms with Crippen molar-refractivity contribution in [3.05, 3.63) is 29.8 Å². The molecule has 114 valence electrons. The summed E-state index contributed by atoms with van der Waals surface area (Å²) in [6, 6.07) is 7.39. The molecule has 3 heterocycles. The van der Waals surface area contributed by atoms with Crippen molar-refractivity contribution < 1.29 is 9.59 Å². The van der Waals surface area contributed by atoms with Crippen LogP contribution in [0.3, 0.4) is 0 Å². The number of likely N-dealkylation sites (N-methyl/N-ethyl adjacent to an activating group) is 1. The second-order valence-corrected chi connectivity index (χ2v) is 5.88. The number of aryl methyl sites for hydroxylation is 1. The van der Waals surface area contributed by atoms with E-state index in [9.17, 15) is 9.59 Å². The Hall–Kier alpha value is -2.57. The number of aliphatic imine (C=N–C) groups is 1. The summed E-state index contributed by atoms with van der Waals surface area (Å²) >= 11 is 0. The van der Waals surface area contributed by atoms with Crippen molar-refractivity contribution in [1.82, 2.24) is 15.1 Å². The third-order valence-corrected chi connectivity index (χ3v) is 4.46. The van der Waals surface area contributed by atoms with Crippen molar-refractivity contribution in [3.8, 4) is 0 Å². The van der Waals surface area contributed by atoms with Gasteiger partial charge in [-0.1, -0.05) is 12.1 Å². The molecule has 2 fully saturated rings. The van der Waals surface area contributed by atoms with E-state index in [4.69, 9.17) is 0 Å². The van der Waals surface area contributed by atoms with Gasteiger partial charge >= 0.3 is 6.03 Å². The monoisotopic (exact) mass is 299 g/mol. The normalized spacial score (nSPS) is 26.8. The van der Waals surface area contributed by atoms with Crippen molar-refractivity contribution in [2.75, 3.05) is 25.0 Å². The average molecular weight is 299 g/mol. The largest absolute Gasteiger partial charge is 0.325 e. The molecular weight excluding hydrogens is 282 g/mol. The van der Waals surface area contributed by atoms with Gasteiger partial charge in [-0.2, -0.15) is 0 Å². The summed E-state index contributed by atoms with van der Waals surface area (Å²) < 4.78 is 0. The fourth-order valence-electron chi connectivity index (χ4n) is 3.32. The van der Waals surface area contributed by atoms with Gasteiger partial charge in [-0.3, -0.25) is 10.1 Å². The maximum Gasteiger partial charge on any atom is 0.325 e. The van der Waals surface area contributed by atoms with Gasteiger partial charge in [0, 0.05) is 25.8 Å². The maximum atomic E-state index is 12.2. The zero-order chi connectivity index (χ0) is 15.4. The first kappa shape index (κ1) is 13.1. The molecule has 0 spiro atoms. The quantitative estimate of drug-likeness (QED) is 0.813. The number of benzene rings is 1. The lowest BCUT2D eigenvalue weighted by Crippen LogP contribution is -2.63. The van der Waals surface area contributed by atoms with Crippen molar-refractivity contribution in [2.24, 2.45) is 4.99 Å². The molecular formula is C15H17N5O2. The van der Waals surface area contributed by atoms with E-state index in [2.05, 4.69) is 21.3 Å². The molecule has 0 bridgehead atoms. The fraction of sp³-hybridized carbons (Fsp3) is 0.400. The summed E-state index contributed by atoms with van der Waals surface area (Å²) in [5.41, 5.74) is 2.24. The van der Waals surface area contributed by atoms with E-state index in [-0.39, 0.29) is 11.9 Å². The van der Waals surface area contributed by atoms with Gasteiger partial charge in [0.25, 0.3) is 5.91 Å². The summed E-state index contributed by atoms with van der Waals surface area (Å²) in [4.78, 5) is 34.2. The molecule has 1 aromatic rings. The molecule has 7 nitrogen and oxygen atoms in total. The molecule has 1 aromatic carbocycles. The highest BCUT2D eigenvalue weighted by Gasteiger charge is 2.51. The average Bonchev–Trinajstić information content (AvgIpc) is 3.03. The predicted octanol–water partition coefficient (Wildman–Crippen LogP) is 0.363. The number of hydrogen-bond acceptors (Lipinski definition) is 5. The summed E-state index contributed by atoms with van der Waals surface area (Å²) in [6.45, 7) is 3.56. The molecule has 3 amide bonds. The van der Waals surface area contributed by atoms with E-state index in [1.54, 1.807) is 7.05 Å². The van der Waals surface area contributed by atoms with Crippen molar-refractivity contribution in [3.63, 3.8) is 0 Å². The summed E-state index contributed by atoms with van der Waals surface area (Å²) in [7, 11) is 1.67. The minimum absolute atomic E-state index is 0.266. The predicted molar refractivity (Wildman–Crippen MR) is 81.5 cm³/mol. The molecule has 0 radical (unpaired) electrons. The van der Waals surface area contributed by atoms with E-state index in [0.717, 1.165) is 24.7 Å². The van der Waals surface area contributed by atoms with Gasteiger partial charge in [-0.25, -0.2) is 9.79 Å². The number of urea groups is 1. The van der Waals surface area contributed by atoms with Crippen LogP contribution in [0.1, 0.15) is 5.56 Å². The molecule has 7 heteroatoms. The van der Waals surface area contributed by atoms with Gasteiger partial charge in [-0.15, -0.1) is 0 Å². The Balaban J connectivity index is 1.71. The topological polar surface area (TPSA) is 68.2 Å². The van der Waals surface area contributed by atoms with Crippen molar-refractivity contribution >= 4 is 23.6 Å². The van der Waals surface area contributed by atoms with Gasteiger partial charge in [0.15, 0.2) is 12.2 Å². The number of hydrogen-bond donors (Lipinski definition) is 1. The molecule has 2 unspecified atom stereocenters. The Morgan fingerprint density at radius 3 is 2.86 bits per heavy atom. The number of fused-ring (bicyclic) bond motifs is 3. The molecule has 0 saturated carbocycles. The number of amides is 3. The second kappa shape index (κ2) is 4.46. The number of rotatable bonds is 1. The van der Waals surface area contributed by atoms with Crippen molar-refractivity contribution in [2.45, 2.75) is 19.1 Å². The first-order valence-corrected chi connectivity index (χ1v) is 7.32. The lowest BCUT2D eigenvalue weighted by atomic mass is 10.1. The lowest BCUT2D eigenvalue weighted by molar-refractivity contribution is -0.126. The number of carbonyl (C=O) groups is 2. The summed E-state index contributed by atoms with van der Waals surface area (Å²) in [5, 5.41) is 2.39. The van der Waals surface area contributed by atoms with Crippen LogP contribution in [-0.2, 0) is 4.79 Å². The zero-order valence-electron chi connectivity index (χ0n) is 12.5. The number of nitrogens with one attached hydrogen (secondary N) is 1. The van der Waals surface area contributed by atoms with Gasteiger partial charge in [-0.05, 0) is 24.6 Å². The van der Waals surface area contributed by atoms with Crippen LogP contribution in [0.4, 0.5) is 10.5 Å². The second-order valence-electron chi connectivity index (χ2n) is 5.88. The van der Waals surface area contributed by atoms with E-state index < -0.39 is 12.2 Å². The Morgan fingerprint density at radius 1 is 1.27 bits per heavy atom. The fourth-order valence-corrected chi connectivity index (χ4v) is 3.32. The third kappa shape index (κ3) is 1.71. The summed E-state index contributed by atoms with van der Waals surface area (Å²) in [6.07, 6.45) is -0.441. The van der Waals surface area contributed by atoms with Crippen LogP contribution in [0, 0.1) is 6.92 Å². The van der Waals surface area contributed by atoms with E-state index >= 15 is 0 Å². The standard InChI is InChI=1S/C15H17N5O2/c1-9-4-3-5-10(8-9)19-6-7-20-11-12(16-14(19)20)18(2)15(22)17-13(11)21/h3-5,8,11-12H,6-7H2,1-2H3,(H,17,21,22). The van der Waals surface area contributed by atoms with Gasteiger partial charge in [0.1, 0.15) is 0 Å². The van der Waals surface area contributed by atoms with Crippen LogP contribution in [0.15, 0.2) is 29.3 Å². The molecule has 3 aliphatic heterocycles. The Kier molecular flexibility index (Phi) is 2.66. The van der Waals surface area contributed by atoms with Crippen LogP contribution >= 0.6 is 0 Å². The van der Waals surface area contributed by atoms with E-state index in [0.29, 0.717) is 0 Å².